The molecule has 2 aliphatic rings. The summed E-state index contributed by atoms with van der Waals surface area (Å²) in [6, 6.07) is 9.15. The lowest BCUT2D eigenvalue weighted by Crippen LogP contribution is -2.50. The van der Waals surface area contributed by atoms with Crippen molar-refractivity contribution in [3.63, 3.8) is 0 Å². The van der Waals surface area contributed by atoms with E-state index in [0.29, 0.717) is 12.0 Å². The molecule has 0 spiro atoms. The van der Waals surface area contributed by atoms with Crippen LogP contribution in [0.1, 0.15) is 63.7 Å². The van der Waals surface area contributed by atoms with Crippen LogP contribution < -0.4 is 0 Å². The molecule has 0 heterocycles. The molecular weight excluding hydrogens is 312 g/mol. The van der Waals surface area contributed by atoms with Gasteiger partial charge in [0.1, 0.15) is 6.10 Å². The van der Waals surface area contributed by atoms with Gasteiger partial charge in [0.2, 0.25) is 0 Å². The van der Waals surface area contributed by atoms with Crippen molar-refractivity contribution in [3.8, 4) is 0 Å². The minimum Gasteiger partial charge on any atom is -0.458 e. The van der Waals surface area contributed by atoms with Crippen LogP contribution in [0.25, 0.3) is 0 Å². The molecule has 3 nitrogen and oxygen atoms in total. The number of carbonyl (C=O) groups is 1. The van der Waals surface area contributed by atoms with Crippen molar-refractivity contribution in [2.75, 3.05) is 0 Å². The normalized spacial score (nSPS) is 35.0. The molecule has 1 N–H and O–H groups in total. The van der Waals surface area contributed by atoms with E-state index in [1.54, 1.807) is 12.1 Å². The number of esters is 1. The lowest BCUT2D eigenvalue weighted by atomic mass is 9.67. The number of carbonyl (C=O) groups excluding carboxylic acids is 1. The van der Waals surface area contributed by atoms with Gasteiger partial charge in [-0.15, -0.1) is 0 Å². The Balaban J connectivity index is 1.94. The van der Waals surface area contributed by atoms with Crippen LogP contribution in [0.5, 0.6) is 0 Å². The summed E-state index contributed by atoms with van der Waals surface area (Å²) in [5, 5.41) is 11.5. The van der Waals surface area contributed by atoms with Gasteiger partial charge in [0.05, 0.1) is 11.2 Å². The van der Waals surface area contributed by atoms with Crippen molar-refractivity contribution in [1.82, 2.24) is 0 Å². The van der Waals surface area contributed by atoms with Crippen LogP contribution in [-0.2, 0) is 4.74 Å². The highest BCUT2D eigenvalue weighted by Crippen LogP contribution is 2.58. The Labute approximate surface area is 151 Å². The van der Waals surface area contributed by atoms with E-state index in [0.717, 1.165) is 19.3 Å². The largest absolute Gasteiger partial charge is 0.458 e. The van der Waals surface area contributed by atoms with Gasteiger partial charge in [0.25, 0.3) is 0 Å². The number of benzene rings is 1. The van der Waals surface area contributed by atoms with E-state index in [2.05, 4.69) is 33.8 Å². The zero-order valence-corrected chi connectivity index (χ0v) is 15.8. The molecule has 0 aliphatic heterocycles. The highest BCUT2D eigenvalue weighted by atomic mass is 16.5. The van der Waals surface area contributed by atoms with E-state index < -0.39 is 5.60 Å². The van der Waals surface area contributed by atoms with Gasteiger partial charge in [-0.2, -0.15) is 0 Å². The average Bonchev–Trinajstić information content (AvgIpc) is 2.79. The van der Waals surface area contributed by atoms with E-state index in [9.17, 15) is 9.90 Å². The van der Waals surface area contributed by atoms with Gasteiger partial charge in [0.15, 0.2) is 0 Å². The van der Waals surface area contributed by atoms with Gasteiger partial charge in [-0.05, 0) is 49.7 Å². The third-order valence-electron chi connectivity index (χ3n) is 6.47. The zero-order valence-electron chi connectivity index (χ0n) is 15.8. The molecule has 1 fully saturated rings. The number of ether oxygens (including phenoxy) is 1. The van der Waals surface area contributed by atoms with E-state index in [4.69, 9.17) is 4.74 Å². The molecule has 1 aromatic carbocycles. The maximum absolute atomic E-state index is 12.7. The van der Waals surface area contributed by atoms with Crippen LogP contribution >= 0.6 is 0 Å². The van der Waals surface area contributed by atoms with Crippen molar-refractivity contribution in [3.05, 3.63) is 47.5 Å². The first kappa shape index (κ1) is 18.2. The van der Waals surface area contributed by atoms with Gasteiger partial charge in [0, 0.05) is 12.3 Å². The molecule has 0 aromatic heterocycles. The Morgan fingerprint density at radius 1 is 1.24 bits per heavy atom. The average molecular weight is 342 g/mol. The number of hydrogen-bond acceptors (Lipinski definition) is 3. The van der Waals surface area contributed by atoms with Gasteiger partial charge in [-0.3, -0.25) is 0 Å². The third kappa shape index (κ3) is 3.27. The molecule has 1 aromatic rings. The highest BCUT2D eigenvalue weighted by Gasteiger charge is 2.59. The van der Waals surface area contributed by atoms with Crippen LogP contribution in [0.4, 0.5) is 0 Å². The summed E-state index contributed by atoms with van der Waals surface area (Å²) in [5.74, 6) is -0.197. The van der Waals surface area contributed by atoms with E-state index in [1.807, 2.05) is 18.2 Å². The van der Waals surface area contributed by atoms with Crippen LogP contribution in [0.15, 0.2) is 42.0 Å². The van der Waals surface area contributed by atoms with Crippen molar-refractivity contribution in [1.29, 1.82) is 0 Å². The number of rotatable bonds is 3. The van der Waals surface area contributed by atoms with Crippen molar-refractivity contribution < 1.29 is 14.6 Å². The molecule has 3 rings (SSSR count). The SMILES string of the molecule is CC1=CC[C@]2(C)CC[C@](O)(C(C)C)[C@H]2[C@H](OC(=O)c2ccccc2)C1. The second-order valence-electron chi connectivity index (χ2n) is 8.55. The first-order valence-electron chi connectivity index (χ1n) is 9.40. The fourth-order valence-electron chi connectivity index (χ4n) is 4.86. The van der Waals surface area contributed by atoms with Crippen LogP contribution in [0.2, 0.25) is 0 Å². The van der Waals surface area contributed by atoms with Crippen molar-refractivity contribution in [2.45, 2.75) is 65.1 Å². The van der Waals surface area contributed by atoms with E-state index in [-0.39, 0.29) is 29.3 Å². The van der Waals surface area contributed by atoms with Crippen molar-refractivity contribution >= 4 is 5.97 Å². The molecule has 3 heteroatoms. The lowest BCUT2D eigenvalue weighted by molar-refractivity contribution is -0.112. The van der Waals surface area contributed by atoms with Gasteiger partial charge in [-0.25, -0.2) is 4.79 Å². The van der Waals surface area contributed by atoms with E-state index >= 15 is 0 Å². The van der Waals surface area contributed by atoms with Gasteiger partial charge >= 0.3 is 5.97 Å². The Morgan fingerprint density at radius 2 is 1.92 bits per heavy atom. The standard InChI is InChI=1S/C22H30O3/c1-15(2)22(24)13-12-21(4)11-10-16(3)14-18(19(21)22)25-20(23)17-8-6-5-7-9-17/h5-10,15,18-19,24H,11-14H2,1-4H3/t18-,19+,21-,22+/m1/s1. The monoisotopic (exact) mass is 342 g/mol. The molecule has 0 unspecified atom stereocenters. The molecule has 0 bridgehead atoms. The predicted octanol–water partition coefficient (Wildman–Crippen LogP) is 4.76. The Kier molecular flexibility index (Phi) is 4.80. The van der Waals surface area contributed by atoms with Crippen LogP contribution in [0.3, 0.4) is 0 Å². The molecule has 0 saturated heterocycles. The molecule has 25 heavy (non-hydrogen) atoms. The summed E-state index contributed by atoms with van der Waals surface area (Å²) in [4.78, 5) is 12.7. The minimum atomic E-state index is -0.783. The minimum absolute atomic E-state index is 0.0294. The van der Waals surface area contributed by atoms with Crippen LogP contribution in [0, 0.1) is 17.3 Å². The molecule has 0 radical (unpaired) electrons. The molecular formula is C22H30O3. The molecule has 4 atom stereocenters. The maximum atomic E-state index is 12.7. The second-order valence-corrected chi connectivity index (χ2v) is 8.55. The summed E-state index contributed by atoms with van der Waals surface area (Å²) in [6.45, 7) is 8.50. The molecule has 136 valence electrons. The quantitative estimate of drug-likeness (QED) is 0.636. The topological polar surface area (TPSA) is 46.5 Å². The van der Waals surface area contributed by atoms with Crippen LogP contribution in [-0.4, -0.2) is 22.8 Å². The first-order valence-corrected chi connectivity index (χ1v) is 9.40. The summed E-state index contributed by atoms with van der Waals surface area (Å²) in [7, 11) is 0. The third-order valence-corrected chi connectivity index (χ3v) is 6.47. The maximum Gasteiger partial charge on any atom is 0.338 e. The van der Waals surface area contributed by atoms with Gasteiger partial charge in [-0.1, -0.05) is 50.6 Å². The fourth-order valence-corrected chi connectivity index (χ4v) is 4.86. The van der Waals surface area contributed by atoms with Crippen molar-refractivity contribution in [2.24, 2.45) is 17.3 Å². The molecule has 1 saturated carbocycles. The number of fused-ring (bicyclic) bond motifs is 1. The Hall–Kier alpha value is -1.61. The number of allylic oxidation sites excluding steroid dienone is 1. The highest BCUT2D eigenvalue weighted by molar-refractivity contribution is 5.89. The van der Waals surface area contributed by atoms with Gasteiger partial charge < -0.3 is 9.84 Å². The number of hydrogen-bond donors (Lipinski definition) is 1. The second kappa shape index (κ2) is 6.60. The first-order chi connectivity index (χ1) is 11.8. The smallest absolute Gasteiger partial charge is 0.338 e. The number of aliphatic hydroxyl groups is 1. The lowest BCUT2D eigenvalue weighted by Gasteiger charge is -2.43. The Morgan fingerprint density at radius 3 is 2.56 bits per heavy atom. The summed E-state index contributed by atoms with van der Waals surface area (Å²) < 4.78 is 6.01. The summed E-state index contributed by atoms with van der Waals surface area (Å²) in [5.41, 5.74) is 1.00. The molecule has 0 amide bonds. The zero-order chi connectivity index (χ0) is 18.2. The van der Waals surface area contributed by atoms with E-state index in [1.165, 1.54) is 5.57 Å². The predicted molar refractivity (Wildman–Crippen MR) is 99.3 cm³/mol. The molecule has 2 aliphatic carbocycles. The fraction of sp³-hybridized carbons (Fsp3) is 0.591. The Bertz CT molecular complexity index is 663. The summed E-state index contributed by atoms with van der Waals surface area (Å²) >= 11 is 0. The summed E-state index contributed by atoms with van der Waals surface area (Å²) in [6.07, 6.45) is 5.38.